The third-order valence-corrected chi connectivity index (χ3v) is 3.28. The molecule has 0 aliphatic carbocycles. The molecule has 4 N–H and O–H groups in total. The fraction of sp³-hybridized carbons (Fsp3) is 0.462. The van der Waals surface area contributed by atoms with E-state index in [1.54, 1.807) is 24.3 Å². The van der Waals surface area contributed by atoms with E-state index in [0.29, 0.717) is 11.4 Å². The van der Waals surface area contributed by atoms with Gasteiger partial charge < -0.3 is 11.1 Å². The van der Waals surface area contributed by atoms with E-state index in [4.69, 9.17) is 5.73 Å². The van der Waals surface area contributed by atoms with Gasteiger partial charge in [0, 0.05) is 11.4 Å². The van der Waals surface area contributed by atoms with Gasteiger partial charge in [-0.3, -0.25) is 9.52 Å². The van der Waals surface area contributed by atoms with Crippen LogP contribution in [0.5, 0.6) is 0 Å². The minimum absolute atomic E-state index is 0.277. The lowest BCUT2D eigenvalue weighted by molar-refractivity contribution is -0.119. The number of hydrogen-bond donors (Lipinski definition) is 3. The van der Waals surface area contributed by atoms with Crippen LogP contribution in [-0.4, -0.2) is 26.6 Å². The van der Waals surface area contributed by atoms with E-state index in [1.807, 2.05) is 20.8 Å². The summed E-state index contributed by atoms with van der Waals surface area (Å²) in [6, 6.07) is 5.73. The minimum atomic E-state index is -3.30. The number of carbonyl (C=O) groups excluding carboxylic acids is 1. The van der Waals surface area contributed by atoms with Crippen molar-refractivity contribution < 1.29 is 13.2 Å². The normalized spacial score (nSPS) is 13.7. The molecule has 1 aromatic rings. The highest BCUT2D eigenvalue weighted by atomic mass is 32.2. The van der Waals surface area contributed by atoms with Gasteiger partial charge in [0.2, 0.25) is 15.9 Å². The van der Waals surface area contributed by atoms with Gasteiger partial charge in [0.25, 0.3) is 0 Å². The fourth-order valence-electron chi connectivity index (χ4n) is 1.45. The topological polar surface area (TPSA) is 101 Å². The molecule has 0 aliphatic heterocycles. The number of nitrogens with two attached hydrogens (primary N) is 1. The van der Waals surface area contributed by atoms with Crippen LogP contribution in [0.4, 0.5) is 11.4 Å². The Morgan fingerprint density at radius 3 is 2.00 bits per heavy atom. The molecule has 20 heavy (non-hydrogen) atoms. The lowest BCUT2D eigenvalue weighted by atomic mass is 9.87. The van der Waals surface area contributed by atoms with Crippen molar-refractivity contribution in [2.75, 3.05) is 16.3 Å². The van der Waals surface area contributed by atoms with Crippen molar-refractivity contribution in [3.8, 4) is 0 Å². The van der Waals surface area contributed by atoms with Crippen LogP contribution in [0, 0.1) is 5.41 Å². The maximum atomic E-state index is 11.9. The molecule has 112 valence electrons. The zero-order valence-electron chi connectivity index (χ0n) is 12.1. The third kappa shape index (κ3) is 5.18. The van der Waals surface area contributed by atoms with Crippen molar-refractivity contribution in [2.24, 2.45) is 11.1 Å². The smallest absolute Gasteiger partial charge is 0.241 e. The predicted molar refractivity (Wildman–Crippen MR) is 81.0 cm³/mol. The van der Waals surface area contributed by atoms with E-state index in [9.17, 15) is 13.2 Å². The summed E-state index contributed by atoms with van der Waals surface area (Å²) in [6.07, 6.45) is 1.07. The SMILES string of the molecule is CC(C)(C)C(N)C(=O)Nc1ccc(NS(C)(=O)=O)cc1. The number of benzene rings is 1. The van der Waals surface area contributed by atoms with Crippen LogP contribution in [0.2, 0.25) is 0 Å². The van der Waals surface area contributed by atoms with E-state index in [2.05, 4.69) is 10.0 Å². The van der Waals surface area contributed by atoms with E-state index >= 15 is 0 Å². The third-order valence-electron chi connectivity index (χ3n) is 2.67. The molecule has 1 atom stereocenters. The highest BCUT2D eigenvalue weighted by Crippen LogP contribution is 2.20. The second kappa shape index (κ2) is 5.80. The van der Waals surface area contributed by atoms with Gasteiger partial charge in [-0.15, -0.1) is 0 Å². The first-order valence-corrected chi connectivity index (χ1v) is 8.02. The van der Waals surface area contributed by atoms with Crippen molar-refractivity contribution in [2.45, 2.75) is 26.8 Å². The van der Waals surface area contributed by atoms with Gasteiger partial charge >= 0.3 is 0 Å². The molecule has 1 amide bonds. The molecule has 0 spiro atoms. The van der Waals surface area contributed by atoms with Crippen molar-refractivity contribution >= 4 is 27.3 Å². The number of hydrogen-bond acceptors (Lipinski definition) is 4. The lowest BCUT2D eigenvalue weighted by Gasteiger charge is -2.25. The number of sulfonamides is 1. The summed E-state index contributed by atoms with van der Waals surface area (Å²) in [6.45, 7) is 5.66. The average molecular weight is 299 g/mol. The van der Waals surface area contributed by atoms with Crippen LogP contribution >= 0.6 is 0 Å². The molecule has 1 rings (SSSR count). The first kappa shape index (κ1) is 16.5. The Morgan fingerprint density at radius 2 is 1.60 bits per heavy atom. The van der Waals surface area contributed by atoms with E-state index in [1.165, 1.54) is 0 Å². The summed E-state index contributed by atoms with van der Waals surface area (Å²) >= 11 is 0. The number of carbonyl (C=O) groups is 1. The summed E-state index contributed by atoms with van der Waals surface area (Å²) in [5.74, 6) is -0.277. The molecule has 0 heterocycles. The van der Waals surface area contributed by atoms with E-state index in [-0.39, 0.29) is 11.3 Å². The van der Waals surface area contributed by atoms with Crippen LogP contribution in [0.3, 0.4) is 0 Å². The first-order valence-electron chi connectivity index (χ1n) is 6.13. The molecule has 0 aromatic heterocycles. The summed E-state index contributed by atoms with van der Waals surface area (Å²) in [7, 11) is -3.30. The number of amides is 1. The quantitative estimate of drug-likeness (QED) is 0.781. The van der Waals surface area contributed by atoms with Crippen LogP contribution in [0.25, 0.3) is 0 Å². The number of anilines is 2. The monoisotopic (exact) mass is 299 g/mol. The van der Waals surface area contributed by atoms with Gasteiger partial charge in [0.15, 0.2) is 0 Å². The molecule has 0 fully saturated rings. The second-order valence-corrected chi connectivity index (χ2v) is 7.53. The summed E-state index contributed by atoms with van der Waals surface area (Å²) in [4.78, 5) is 11.9. The Kier molecular flexibility index (Phi) is 4.77. The first-order chi connectivity index (χ1) is 8.99. The van der Waals surface area contributed by atoms with Gasteiger partial charge in [-0.1, -0.05) is 20.8 Å². The molecule has 0 aliphatic rings. The van der Waals surface area contributed by atoms with Crippen LogP contribution in [0.15, 0.2) is 24.3 Å². The predicted octanol–water partition coefficient (Wildman–Crippen LogP) is 1.37. The van der Waals surface area contributed by atoms with Gasteiger partial charge in [0.1, 0.15) is 0 Å². The van der Waals surface area contributed by atoms with Gasteiger partial charge in [-0.2, -0.15) is 0 Å². The second-order valence-electron chi connectivity index (χ2n) is 5.78. The molecule has 7 heteroatoms. The maximum absolute atomic E-state index is 11.9. The molecule has 0 saturated heterocycles. The fourth-order valence-corrected chi connectivity index (χ4v) is 2.01. The van der Waals surface area contributed by atoms with Crippen molar-refractivity contribution in [3.63, 3.8) is 0 Å². The summed E-state index contributed by atoms with van der Waals surface area (Å²) in [5, 5.41) is 2.70. The van der Waals surface area contributed by atoms with E-state index < -0.39 is 16.1 Å². The molecule has 0 radical (unpaired) electrons. The maximum Gasteiger partial charge on any atom is 0.241 e. The van der Waals surface area contributed by atoms with Crippen LogP contribution in [-0.2, 0) is 14.8 Å². The Labute approximate surface area is 119 Å². The summed E-state index contributed by atoms with van der Waals surface area (Å²) in [5.41, 5.74) is 6.52. The Morgan fingerprint density at radius 1 is 1.15 bits per heavy atom. The van der Waals surface area contributed by atoms with Crippen LogP contribution < -0.4 is 15.8 Å². The Bertz CT molecular complexity index is 574. The zero-order chi connectivity index (χ0) is 15.6. The Hall–Kier alpha value is -1.60. The summed E-state index contributed by atoms with van der Waals surface area (Å²) < 4.78 is 24.5. The number of nitrogens with one attached hydrogen (secondary N) is 2. The molecular weight excluding hydrogens is 278 g/mol. The highest BCUT2D eigenvalue weighted by Gasteiger charge is 2.27. The van der Waals surface area contributed by atoms with Crippen LogP contribution in [0.1, 0.15) is 20.8 Å². The minimum Gasteiger partial charge on any atom is -0.325 e. The average Bonchev–Trinajstić information content (AvgIpc) is 2.27. The van der Waals surface area contributed by atoms with Gasteiger partial charge in [-0.25, -0.2) is 8.42 Å². The van der Waals surface area contributed by atoms with Crippen molar-refractivity contribution in [3.05, 3.63) is 24.3 Å². The standard InChI is InChI=1S/C13H21N3O3S/c1-13(2,3)11(14)12(17)15-9-5-7-10(8-6-9)16-20(4,18)19/h5-8,11,16H,14H2,1-4H3,(H,15,17). The molecular formula is C13H21N3O3S. The van der Waals surface area contributed by atoms with Gasteiger partial charge in [0.05, 0.1) is 12.3 Å². The zero-order valence-corrected chi connectivity index (χ0v) is 12.9. The number of rotatable bonds is 4. The lowest BCUT2D eigenvalue weighted by Crippen LogP contribution is -2.45. The molecule has 0 bridgehead atoms. The molecule has 1 aromatic carbocycles. The van der Waals surface area contributed by atoms with E-state index in [0.717, 1.165) is 6.26 Å². The van der Waals surface area contributed by atoms with Crippen molar-refractivity contribution in [1.29, 1.82) is 0 Å². The highest BCUT2D eigenvalue weighted by molar-refractivity contribution is 7.92. The van der Waals surface area contributed by atoms with Gasteiger partial charge in [-0.05, 0) is 29.7 Å². The van der Waals surface area contributed by atoms with Crippen molar-refractivity contribution in [1.82, 2.24) is 0 Å². The Balaban J connectivity index is 2.73. The largest absolute Gasteiger partial charge is 0.325 e. The molecule has 0 saturated carbocycles. The molecule has 6 nitrogen and oxygen atoms in total. The molecule has 1 unspecified atom stereocenters.